The topological polar surface area (TPSA) is 67.4 Å². The van der Waals surface area contributed by atoms with E-state index in [0.717, 1.165) is 29.7 Å². The Labute approximate surface area is 167 Å². The van der Waals surface area contributed by atoms with Crippen molar-refractivity contribution in [2.75, 3.05) is 12.4 Å². The van der Waals surface area contributed by atoms with Crippen LogP contribution < -0.4 is 15.4 Å². The monoisotopic (exact) mass is 382 g/mol. The largest absolute Gasteiger partial charge is 0.497 e. The van der Waals surface area contributed by atoms with Crippen molar-refractivity contribution < 1.29 is 14.3 Å². The van der Waals surface area contributed by atoms with Crippen LogP contribution in [0.4, 0.5) is 5.69 Å². The maximum atomic E-state index is 13.0. The molecule has 0 spiro atoms. The Morgan fingerprint density at radius 3 is 2.00 bits per heavy atom. The molecule has 0 saturated heterocycles. The first-order chi connectivity index (χ1) is 13.4. The second kappa shape index (κ2) is 9.93. The van der Waals surface area contributed by atoms with Gasteiger partial charge in [-0.15, -0.1) is 0 Å². The van der Waals surface area contributed by atoms with E-state index in [2.05, 4.69) is 24.5 Å². The Morgan fingerprint density at radius 1 is 0.964 bits per heavy atom. The molecule has 0 fully saturated rings. The molecule has 2 rings (SSSR count). The van der Waals surface area contributed by atoms with Crippen LogP contribution in [0, 0.1) is 5.92 Å². The van der Waals surface area contributed by atoms with Crippen molar-refractivity contribution in [3.63, 3.8) is 0 Å². The summed E-state index contributed by atoms with van der Waals surface area (Å²) >= 11 is 0. The summed E-state index contributed by atoms with van der Waals surface area (Å²) in [4.78, 5) is 25.6. The fraction of sp³-hybridized carbons (Fsp3) is 0.391. The predicted molar refractivity (Wildman–Crippen MR) is 113 cm³/mol. The van der Waals surface area contributed by atoms with Crippen molar-refractivity contribution in [2.24, 2.45) is 5.92 Å². The molecule has 5 heteroatoms. The maximum Gasteiger partial charge on any atom is 0.251 e. The molecular formula is C23H30N2O3. The highest BCUT2D eigenvalue weighted by Gasteiger charge is 2.26. The molecule has 0 aliphatic carbocycles. The van der Waals surface area contributed by atoms with E-state index in [4.69, 9.17) is 4.74 Å². The molecule has 0 saturated carbocycles. The Kier molecular flexibility index (Phi) is 7.61. The number of methoxy groups -OCH3 is 1. The number of ether oxygens (including phenoxy) is 1. The highest BCUT2D eigenvalue weighted by atomic mass is 16.5. The highest BCUT2D eigenvalue weighted by Crippen LogP contribution is 2.23. The number of anilines is 1. The van der Waals surface area contributed by atoms with Gasteiger partial charge in [0, 0.05) is 11.3 Å². The van der Waals surface area contributed by atoms with Crippen molar-refractivity contribution in [2.45, 2.75) is 46.6 Å². The van der Waals surface area contributed by atoms with Crippen LogP contribution in [0.15, 0.2) is 42.5 Å². The fourth-order valence-corrected chi connectivity index (χ4v) is 3.11. The molecule has 150 valence electrons. The average Bonchev–Trinajstić information content (AvgIpc) is 2.71. The Bertz CT molecular complexity index is 791. The standard InChI is InChI=1S/C23H30N2O3/c1-6-16-9-8-10-17(7-2)21(16)25-23(27)20(15(3)4)24-22(26)18-11-13-19(28-5)14-12-18/h8-15,20H,6-7H2,1-5H3,(H,24,26)(H,25,27). The zero-order valence-electron chi connectivity index (χ0n) is 17.3. The summed E-state index contributed by atoms with van der Waals surface area (Å²) in [5.74, 6) is 0.141. The number of hydrogen-bond donors (Lipinski definition) is 2. The molecule has 1 atom stereocenters. The molecule has 2 amide bonds. The Balaban J connectivity index is 2.19. The van der Waals surface area contributed by atoms with E-state index in [1.165, 1.54) is 0 Å². The van der Waals surface area contributed by atoms with Crippen LogP contribution in [-0.2, 0) is 17.6 Å². The molecule has 2 aromatic carbocycles. The first kappa shape index (κ1) is 21.5. The Morgan fingerprint density at radius 2 is 1.54 bits per heavy atom. The van der Waals surface area contributed by atoms with Gasteiger partial charge >= 0.3 is 0 Å². The van der Waals surface area contributed by atoms with Gasteiger partial charge in [-0.3, -0.25) is 9.59 Å². The summed E-state index contributed by atoms with van der Waals surface area (Å²) in [6, 6.07) is 12.2. The predicted octanol–water partition coefficient (Wildman–Crippen LogP) is 4.21. The van der Waals surface area contributed by atoms with Gasteiger partial charge in [0.2, 0.25) is 5.91 Å². The third-order valence-electron chi connectivity index (χ3n) is 4.83. The third-order valence-corrected chi connectivity index (χ3v) is 4.83. The van der Waals surface area contributed by atoms with Crippen molar-refractivity contribution in [1.82, 2.24) is 5.32 Å². The molecule has 0 radical (unpaired) electrons. The van der Waals surface area contributed by atoms with Crippen LogP contribution in [0.1, 0.15) is 49.2 Å². The molecule has 0 aliphatic heterocycles. The molecule has 0 bridgehead atoms. The van der Waals surface area contributed by atoms with Crippen LogP contribution in [0.5, 0.6) is 5.75 Å². The number of rotatable bonds is 8. The number of aryl methyl sites for hydroxylation is 2. The van der Waals surface area contributed by atoms with Gasteiger partial charge in [0.05, 0.1) is 7.11 Å². The average molecular weight is 383 g/mol. The zero-order valence-corrected chi connectivity index (χ0v) is 17.3. The van der Waals surface area contributed by atoms with Crippen LogP contribution >= 0.6 is 0 Å². The third kappa shape index (κ3) is 5.12. The molecule has 0 aliphatic rings. The first-order valence-corrected chi connectivity index (χ1v) is 9.77. The SMILES string of the molecule is CCc1cccc(CC)c1NC(=O)C(NC(=O)c1ccc(OC)cc1)C(C)C. The van der Waals surface area contributed by atoms with E-state index < -0.39 is 6.04 Å². The van der Waals surface area contributed by atoms with Gasteiger partial charge in [-0.1, -0.05) is 45.9 Å². The van der Waals surface area contributed by atoms with Gasteiger partial charge in [-0.2, -0.15) is 0 Å². The second-order valence-electron chi connectivity index (χ2n) is 7.07. The number of hydrogen-bond acceptors (Lipinski definition) is 3. The second-order valence-corrected chi connectivity index (χ2v) is 7.07. The smallest absolute Gasteiger partial charge is 0.251 e. The van der Waals surface area contributed by atoms with E-state index in [0.29, 0.717) is 11.3 Å². The van der Waals surface area contributed by atoms with E-state index in [1.54, 1.807) is 31.4 Å². The van der Waals surface area contributed by atoms with Crippen LogP contribution in [0.25, 0.3) is 0 Å². The summed E-state index contributed by atoms with van der Waals surface area (Å²) in [6.07, 6.45) is 1.65. The molecule has 0 aromatic heterocycles. The lowest BCUT2D eigenvalue weighted by Gasteiger charge is -2.23. The molecular weight excluding hydrogens is 352 g/mol. The lowest BCUT2D eigenvalue weighted by Crippen LogP contribution is -2.47. The molecule has 5 nitrogen and oxygen atoms in total. The van der Waals surface area contributed by atoms with Gasteiger partial charge in [-0.05, 0) is 54.2 Å². The number of benzene rings is 2. The zero-order chi connectivity index (χ0) is 20.7. The van der Waals surface area contributed by atoms with E-state index in [9.17, 15) is 9.59 Å². The number of carbonyl (C=O) groups excluding carboxylic acids is 2. The summed E-state index contributed by atoms with van der Waals surface area (Å²) in [7, 11) is 1.58. The van der Waals surface area contributed by atoms with E-state index in [1.807, 2.05) is 32.0 Å². The summed E-state index contributed by atoms with van der Waals surface area (Å²) in [5.41, 5.74) is 3.54. The lowest BCUT2D eigenvalue weighted by atomic mass is 10.00. The van der Waals surface area contributed by atoms with E-state index >= 15 is 0 Å². The van der Waals surface area contributed by atoms with Gasteiger partial charge in [0.1, 0.15) is 11.8 Å². The van der Waals surface area contributed by atoms with Crippen molar-refractivity contribution in [1.29, 1.82) is 0 Å². The van der Waals surface area contributed by atoms with Crippen LogP contribution in [-0.4, -0.2) is 25.0 Å². The number of carbonyl (C=O) groups is 2. The minimum atomic E-state index is -0.635. The summed E-state index contributed by atoms with van der Waals surface area (Å²) in [6.45, 7) is 7.97. The molecule has 1 unspecified atom stereocenters. The number of para-hydroxylation sites is 1. The van der Waals surface area contributed by atoms with E-state index in [-0.39, 0.29) is 17.7 Å². The highest BCUT2D eigenvalue weighted by molar-refractivity contribution is 6.02. The van der Waals surface area contributed by atoms with Crippen molar-refractivity contribution in [3.8, 4) is 5.75 Å². The normalized spacial score (nSPS) is 11.8. The fourth-order valence-electron chi connectivity index (χ4n) is 3.11. The molecule has 2 N–H and O–H groups in total. The molecule has 28 heavy (non-hydrogen) atoms. The molecule has 2 aromatic rings. The minimum Gasteiger partial charge on any atom is -0.497 e. The van der Waals surface area contributed by atoms with Gasteiger partial charge < -0.3 is 15.4 Å². The van der Waals surface area contributed by atoms with Crippen molar-refractivity contribution in [3.05, 3.63) is 59.2 Å². The Hall–Kier alpha value is -2.82. The first-order valence-electron chi connectivity index (χ1n) is 9.77. The molecule has 0 heterocycles. The summed E-state index contributed by atoms with van der Waals surface area (Å²) in [5, 5.41) is 5.94. The van der Waals surface area contributed by atoms with Crippen LogP contribution in [0.2, 0.25) is 0 Å². The number of amides is 2. The minimum absolute atomic E-state index is 0.0546. The van der Waals surface area contributed by atoms with Gasteiger partial charge in [0.15, 0.2) is 0 Å². The lowest BCUT2D eigenvalue weighted by molar-refractivity contribution is -0.118. The summed E-state index contributed by atoms with van der Waals surface area (Å²) < 4.78 is 5.12. The number of nitrogens with one attached hydrogen (secondary N) is 2. The van der Waals surface area contributed by atoms with Crippen LogP contribution in [0.3, 0.4) is 0 Å². The quantitative estimate of drug-likeness (QED) is 0.718. The maximum absolute atomic E-state index is 13.0. The van der Waals surface area contributed by atoms with Crippen molar-refractivity contribution >= 4 is 17.5 Å². The van der Waals surface area contributed by atoms with Gasteiger partial charge in [0.25, 0.3) is 5.91 Å². The van der Waals surface area contributed by atoms with Gasteiger partial charge in [-0.25, -0.2) is 0 Å².